The van der Waals surface area contributed by atoms with Crippen LogP contribution < -0.4 is 4.90 Å². The molecule has 4 atom stereocenters. The van der Waals surface area contributed by atoms with Gasteiger partial charge in [-0.1, -0.05) is 30.4 Å². The molecule has 0 aliphatic carbocycles. The fraction of sp³-hybridized carbons (Fsp3) is 0.444. The highest BCUT2D eigenvalue weighted by molar-refractivity contribution is 5.88. The van der Waals surface area contributed by atoms with E-state index in [1.165, 1.54) is 0 Å². The predicted octanol–water partition coefficient (Wildman–Crippen LogP) is 2.17. The van der Waals surface area contributed by atoms with Gasteiger partial charge in [-0.15, -0.1) is 0 Å². The summed E-state index contributed by atoms with van der Waals surface area (Å²) >= 11 is 0. The summed E-state index contributed by atoms with van der Waals surface area (Å²) in [6.07, 6.45) is 3.99. The van der Waals surface area contributed by atoms with Crippen molar-refractivity contribution in [3.05, 3.63) is 42.5 Å². The van der Waals surface area contributed by atoms with E-state index < -0.39 is 11.8 Å². The number of benzene rings is 1. The van der Waals surface area contributed by atoms with Gasteiger partial charge in [0.1, 0.15) is 0 Å². The third kappa shape index (κ3) is 2.60. The van der Waals surface area contributed by atoms with Crippen LogP contribution in [0.1, 0.15) is 13.8 Å². The van der Waals surface area contributed by atoms with Crippen LogP contribution in [0.2, 0.25) is 0 Å². The SMILES string of the molecule is CCOC(=O)C1C(C(=O)OCC)C2C=CC1N2c1ccccc1. The van der Waals surface area contributed by atoms with Gasteiger partial charge in [-0.05, 0) is 26.0 Å². The van der Waals surface area contributed by atoms with Gasteiger partial charge in [0.25, 0.3) is 0 Å². The first kappa shape index (κ1) is 15.6. The van der Waals surface area contributed by atoms with E-state index in [2.05, 4.69) is 4.90 Å². The van der Waals surface area contributed by atoms with Crippen LogP contribution in [0.25, 0.3) is 0 Å². The topological polar surface area (TPSA) is 55.8 Å². The van der Waals surface area contributed by atoms with Gasteiger partial charge in [0.2, 0.25) is 0 Å². The zero-order valence-electron chi connectivity index (χ0n) is 13.3. The van der Waals surface area contributed by atoms with Crippen molar-refractivity contribution in [2.45, 2.75) is 25.9 Å². The lowest BCUT2D eigenvalue weighted by atomic mass is 9.83. The van der Waals surface area contributed by atoms with Crippen LogP contribution in [-0.4, -0.2) is 37.2 Å². The molecule has 2 bridgehead atoms. The van der Waals surface area contributed by atoms with Crippen molar-refractivity contribution < 1.29 is 19.1 Å². The molecule has 0 aromatic heterocycles. The third-order valence-corrected chi connectivity index (χ3v) is 4.44. The maximum atomic E-state index is 12.4. The Balaban J connectivity index is 1.95. The van der Waals surface area contributed by atoms with Crippen molar-refractivity contribution in [1.29, 1.82) is 0 Å². The molecule has 1 fully saturated rings. The summed E-state index contributed by atoms with van der Waals surface area (Å²) in [5, 5.41) is 0. The number of rotatable bonds is 5. The lowest BCUT2D eigenvalue weighted by Gasteiger charge is -2.25. The van der Waals surface area contributed by atoms with Crippen LogP contribution in [0.15, 0.2) is 42.5 Å². The molecule has 5 heteroatoms. The number of carbonyl (C=O) groups is 2. The average Bonchev–Trinajstić information content (AvgIpc) is 3.12. The van der Waals surface area contributed by atoms with Crippen LogP contribution >= 0.6 is 0 Å². The molecular weight excluding hydrogens is 294 g/mol. The number of ether oxygens (including phenoxy) is 2. The largest absolute Gasteiger partial charge is 0.466 e. The Morgan fingerprint density at radius 1 is 0.913 bits per heavy atom. The minimum absolute atomic E-state index is 0.171. The van der Waals surface area contributed by atoms with Crippen LogP contribution in [0, 0.1) is 11.8 Å². The molecule has 4 unspecified atom stereocenters. The van der Waals surface area contributed by atoms with Crippen molar-refractivity contribution in [3.63, 3.8) is 0 Å². The summed E-state index contributed by atoms with van der Waals surface area (Å²) in [6, 6.07) is 9.48. The molecule has 122 valence electrons. The average molecular weight is 315 g/mol. The lowest BCUT2D eigenvalue weighted by Crippen LogP contribution is -2.38. The van der Waals surface area contributed by atoms with E-state index in [1.807, 2.05) is 42.5 Å². The molecule has 1 saturated heterocycles. The predicted molar refractivity (Wildman–Crippen MR) is 85.9 cm³/mol. The Morgan fingerprint density at radius 3 is 1.83 bits per heavy atom. The molecule has 2 aliphatic rings. The Labute approximate surface area is 135 Å². The number of hydrogen-bond donors (Lipinski definition) is 0. The van der Waals surface area contributed by atoms with Crippen LogP contribution in [0.5, 0.6) is 0 Å². The molecule has 0 N–H and O–H groups in total. The number of para-hydroxylation sites is 1. The highest BCUT2D eigenvalue weighted by Gasteiger charge is 2.57. The first-order valence-electron chi connectivity index (χ1n) is 8.04. The van der Waals surface area contributed by atoms with E-state index in [9.17, 15) is 9.59 Å². The normalized spacial score (nSPS) is 28.0. The third-order valence-electron chi connectivity index (χ3n) is 4.44. The highest BCUT2D eigenvalue weighted by Crippen LogP contribution is 2.45. The highest BCUT2D eigenvalue weighted by atomic mass is 16.5. The molecule has 5 nitrogen and oxygen atoms in total. The standard InChI is InChI=1S/C18H21NO4/c1-3-22-17(20)15-13-10-11-14(16(15)18(21)23-4-2)19(13)12-8-6-5-7-9-12/h5-11,13-16H,3-4H2,1-2H3. The lowest BCUT2D eigenvalue weighted by molar-refractivity contribution is -0.159. The van der Waals surface area contributed by atoms with Crippen molar-refractivity contribution >= 4 is 17.6 Å². The van der Waals surface area contributed by atoms with Crippen molar-refractivity contribution in [3.8, 4) is 0 Å². The number of anilines is 1. The fourth-order valence-corrected chi connectivity index (χ4v) is 3.62. The van der Waals surface area contributed by atoms with E-state index in [4.69, 9.17) is 9.47 Å². The van der Waals surface area contributed by atoms with Crippen molar-refractivity contribution in [2.75, 3.05) is 18.1 Å². The number of hydrogen-bond acceptors (Lipinski definition) is 5. The number of carbonyl (C=O) groups excluding carboxylic acids is 2. The summed E-state index contributed by atoms with van der Waals surface area (Å²) in [7, 11) is 0. The van der Waals surface area contributed by atoms with Gasteiger partial charge in [0.15, 0.2) is 0 Å². The second kappa shape index (κ2) is 6.44. The molecule has 1 aromatic carbocycles. The Kier molecular flexibility index (Phi) is 4.37. The monoisotopic (exact) mass is 315 g/mol. The zero-order chi connectivity index (χ0) is 16.4. The smallest absolute Gasteiger partial charge is 0.312 e. The molecule has 1 aromatic rings. The summed E-state index contributed by atoms with van der Waals surface area (Å²) < 4.78 is 10.4. The summed E-state index contributed by atoms with van der Waals surface area (Å²) in [5.74, 6) is -1.71. The number of nitrogens with zero attached hydrogens (tertiary/aromatic N) is 1. The van der Waals surface area contributed by atoms with Crippen LogP contribution in [0.4, 0.5) is 5.69 Å². The van der Waals surface area contributed by atoms with Gasteiger partial charge in [-0.25, -0.2) is 0 Å². The van der Waals surface area contributed by atoms with Gasteiger partial charge in [-0.2, -0.15) is 0 Å². The van der Waals surface area contributed by atoms with Crippen molar-refractivity contribution in [2.24, 2.45) is 11.8 Å². The first-order valence-corrected chi connectivity index (χ1v) is 8.04. The summed E-state index contributed by atoms with van der Waals surface area (Å²) in [4.78, 5) is 27.0. The van der Waals surface area contributed by atoms with Crippen LogP contribution in [0.3, 0.4) is 0 Å². The molecule has 0 spiro atoms. The van der Waals surface area contributed by atoms with Gasteiger partial charge in [0.05, 0.1) is 37.1 Å². The summed E-state index contributed by atoms with van der Waals surface area (Å²) in [5.41, 5.74) is 0.994. The summed E-state index contributed by atoms with van der Waals surface area (Å²) in [6.45, 7) is 4.15. The van der Waals surface area contributed by atoms with Crippen LogP contribution in [-0.2, 0) is 19.1 Å². The van der Waals surface area contributed by atoms with Gasteiger partial charge in [-0.3, -0.25) is 9.59 Å². The molecule has 3 rings (SSSR count). The van der Waals surface area contributed by atoms with E-state index in [0.29, 0.717) is 13.2 Å². The molecular formula is C18H21NO4. The second-order valence-corrected chi connectivity index (χ2v) is 5.66. The Hall–Kier alpha value is -2.30. The molecule has 2 heterocycles. The zero-order valence-corrected chi connectivity index (χ0v) is 13.3. The minimum Gasteiger partial charge on any atom is -0.466 e. The molecule has 23 heavy (non-hydrogen) atoms. The maximum absolute atomic E-state index is 12.4. The maximum Gasteiger partial charge on any atom is 0.312 e. The Bertz CT molecular complexity index is 579. The molecule has 0 radical (unpaired) electrons. The number of fused-ring (bicyclic) bond motifs is 2. The number of esters is 2. The van der Waals surface area contributed by atoms with E-state index >= 15 is 0 Å². The van der Waals surface area contributed by atoms with Gasteiger partial charge in [0, 0.05) is 5.69 Å². The van der Waals surface area contributed by atoms with Gasteiger partial charge < -0.3 is 14.4 Å². The molecule has 2 aliphatic heterocycles. The molecule has 0 amide bonds. The van der Waals surface area contributed by atoms with E-state index in [0.717, 1.165) is 5.69 Å². The fourth-order valence-electron chi connectivity index (χ4n) is 3.62. The minimum atomic E-state index is -0.524. The second-order valence-electron chi connectivity index (χ2n) is 5.66. The quantitative estimate of drug-likeness (QED) is 0.616. The van der Waals surface area contributed by atoms with Crippen molar-refractivity contribution in [1.82, 2.24) is 0 Å². The Morgan fingerprint density at radius 2 is 1.39 bits per heavy atom. The van der Waals surface area contributed by atoms with E-state index in [-0.39, 0.29) is 24.0 Å². The first-order chi connectivity index (χ1) is 11.2. The van der Waals surface area contributed by atoms with E-state index in [1.54, 1.807) is 13.8 Å². The van der Waals surface area contributed by atoms with Gasteiger partial charge >= 0.3 is 11.9 Å². The molecule has 0 saturated carbocycles.